The molecule has 0 spiro atoms. The molecule has 0 aliphatic heterocycles. The van der Waals surface area contributed by atoms with Crippen LogP contribution in [0.15, 0.2) is 81.8 Å². The van der Waals surface area contributed by atoms with E-state index in [2.05, 4.69) is 92.5 Å². The molecule has 2 atom stereocenters. The van der Waals surface area contributed by atoms with E-state index in [9.17, 15) is 0 Å². The molecule has 0 aromatic heterocycles. The monoisotopic (exact) mass is 498 g/mol. The summed E-state index contributed by atoms with van der Waals surface area (Å²) in [6, 6.07) is 20.9. The van der Waals surface area contributed by atoms with Gasteiger partial charge in [0, 0.05) is 31.9 Å². The summed E-state index contributed by atoms with van der Waals surface area (Å²) in [4.78, 5) is 0. The molecular formula is C24H20Br2O2. The van der Waals surface area contributed by atoms with Gasteiger partial charge in [-0.25, -0.2) is 0 Å². The minimum Gasteiger partial charge on any atom is -0.496 e. The van der Waals surface area contributed by atoms with E-state index in [1.54, 1.807) is 14.2 Å². The highest BCUT2D eigenvalue weighted by molar-refractivity contribution is 9.10. The molecule has 142 valence electrons. The molecule has 0 unspecified atom stereocenters. The van der Waals surface area contributed by atoms with E-state index in [0.717, 1.165) is 20.4 Å². The molecule has 2 nitrogen and oxygen atoms in total. The van der Waals surface area contributed by atoms with Crippen LogP contribution in [-0.2, 0) is 0 Å². The van der Waals surface area contributed by atoms with Crippen LogP contribution in [0.3, 0.4) is 0 Å². The fourth-order valence-electron chi connectivity index (χ4n) is 3.90. The van der Waals surface area contributed by atoms with E-state index in [1.807, 2.05) is 12.1 Å². The highest BCUT2D eigenvalue weighted by Crippen LogP contribution is 2.48. The minimum absolute atomic E-state index is 0.111. The predicted molar refractivity (Wildman–Crippen MR) is 121 cm³/mol. The molecule has 1 aliphatic carbocycles. The Bertz CT molecular complexity index is 926. The van der Waals surface area contributed by atoms with Gasteiger partial charge >= 0.3 is 0 Å². The number of ether oxygens (including phenoxy) is 2. The summed E-state index contributed by atoms with van der Waals surface area (Å²) in [5.74, 6) is 1.99. The van der Waals surface area contributed by atoms with Crippen LogP contribution >= 0.6 is 31.9 Å². The Labute approximate surface area is 182 Å². The second kappa shape index (κ2) is 8.14. The van der Waals surface area contributed by atoms with Gasteiger partial charge in [0.15, 0.2) is 0 Å². The number of allylic oxidation sites excluding steroid dienone is 2. The number of methoxy groups -OCH3 is 2. The Balaban J connectivity index is 1.93. The number of fused-ring (bicyclic) bond motifs is 1. The normalized spacial score (nSPS) is 17.9. The zero-order valence-corrected chi connectivity index (χ0v) is 18.8. The highest BCUT2D eigenvalue weighted by atomic mass is 79.9. The molecule has 0 amide bonds. The van der Waals surface area contributed by atoms with Crippen molar-refractivity contribution < 1.29 is 9.47 Å². The summed E-state index contributed by atoms with van der Waals surface area (Å²) in [5.41, 5.74) is 4.78. The van der Waals surface area contributed by atoms with Crippen LogP contribution in [0.1, 0.15) is 34.1 Å². The Kier molecular flexibility index (Phi) is 5.61. The molecule has 1 aliphatic rings. The summed E-state index contributed by atoms with van der Waals surface area (Å²) >= 11 is 7.06. The average Bonchev–Trinajstić information content (AvgIpc) is 2.73. The van der Waals surface area contributed by atoms with E-state index >= 15 is 0 Å². The van der Waals surface area contributed by atoms with Crippen molar-refractivity contribution in [3.63, 3.8) is 0 Å². The molecule has 0 N–H and O–H groups in total. The maximum atomic E-state index is 5.78. The quantitative estimate of drug-likeness (QED) is 0.357. The molecule has 3 aromatic carbocycles. The van der Waals surface area contributed by atoms with Crippen LogP contribution in [0.25, 0.3) is 0 Å². The summed E-state index contributed by atoms with van der Waals surface area (Å²) in [5, 5.41) is 0. The molecule has 3 aromatic rings. The standard InChI is InChI=1S/C24H20Br2O2/c1-27-21-13-14-22(28-2)24-20(16-5-9-18(26)10-6-16)12-11-19(23(21)24)15-3-7-17(25)8-4-15/h3-14,19-20H,1-2H3/t19-,20+. The maximum absolute atomic E-state index is 5.78. The van der Waals surface area contributed by atoms with E-state index in [1.165, 1.54) is 22.3 Å². The van der Waals surface area contributed by atoms with Gasteiger partial charge in [-0.3, -0.25) is 0 Å². The van der Waals surface area contributed by atoms with Gasteiger partial charge in [-0.2, -0.15) is 0 Å². The van der Waals surface area contributed by atoms with E-state index in [0.29, 0.717) is 0 Å². The number of rotatable bonds is 4. The molecule has 0 fully saturated rings. The summed E-state index contributed by atoms with van der Waals surface area (Å²) in [6.07, 6.45) is 4.56. The van der Waals surface area contributed by atoms with Crippen LogP contribution in [0, 0.1) is 0 Å². The van der Waals surface area contributed by atoms with Crippen LogP contribution in [0.2, 0.25) is 0 Å². The minimum atomic E-state index is 0.111. The second-order valence-electron chi connectivity index (χ2n) is 6.74. The molecule has 4 heteroatoms. The molecule has 0 radical (unpaired) electrons. The van der Waals surface area contributed by atoms with E-state index in [-0.39, 0.29) is 11.8 Å². The molecule has 0 bridgehead atoms. The molecule has 0 saturated carbocycles. The fourth-order valence-corrected chi connectivity index (χ4v) is 4.43. The van der Waals surface area contributed by atoms with Gasteiger partial charge in [-0.15, -0.1) is 0 Å². The first kappa shape index (κ1) is 19.3. The molecule has 28 heavy (non-hydrogen) atoms. The van der Waals surface area contributed by atoms with Crippen LogP contribution < -0.4 is 9.47 Å². The van der Waals surface area contributed by atoms with Crippen molar-refractivity contribution in [2.75, 3.05) is 14.2 Å². The lowest BCUT2D eigenvalue weighted by Gasteiger charge is -2.30. The van der Waals surface area contributed by atoms with Crippen molar-refractivity contribution in [2.45, 2.75) is 11.8 Å². The van der Waals surface area contributed by atoms with Gasteiger partial charge in [-0.1, -0.05) is 68.3 Å². The predicted octanol–water partition coefficient (Wildman–Crippen LogP) is 7.06. The smallest absolute Gasteiger partial charge is 0.123 e. The first-order valence-corrected chi connectivity index (χ1v) is 10.6. The fraction of sp³-hybridized carbons (Fsp3) is 0.167. The average molecular weight is 500 g/mol. The number of benzene rings is 3. The topological polar surface area (TPSA) is 18.5 Å². The third kappa shape index (κ3) is 3.51. The Morgan fingerprint density at radius 1 is 0.571 bits per heavy atom. The molecule has 0 heterocycles. The van der Waals surface area contributed by atoms with Crippen molar-refractivity contribution in [1.29, 1.82) is 0 Å². The van der Waals surface area contributed by atoms with Crippen LogP contribution in [0.5, 0.6) is 11.5 Å². The second-order valence-corrected chi connectivity index (χ2v) is 8.57. The van der Waals surface area contributed by atoms with Gasteiger partial charge in [0.2, 0.25) is 0 Å². The molecular weight excluding hydrogens is 480 g/mol. The largest absolute Gasteiger partial charge is 0.496 e. The number of halogens is 2. The van der Waals surface area contributed by atoms with Crippen LogP contribution in [0.4, 0.5) is 0 Å². The first-order valence-electron chi connectivity index (χ1n) is 9.06. The van der Waals surface area contributed by atoms with Crippen molar-refractivity contribution >= 4 is 31.9 Å². The van der Waals surface area contributed by atoms with E-state index < -0.39 is 0 Å². The van der Waals surface area contributed by atoms with Gasteiger partial charge in [-0.05, 0) is 47.5 Å². The maximum Gasteiger partial charge on any atom is 0.123 e. The van der Waals surface area contributed by atoms with Crippen molar-refractivity contribution in [2.24, 2.45) is 0 Å². The number of hydrogen-bond acceptors (Lipinski definition) is 2. The SMILES string of the molecule is COc1ccc(OC)c2c1[C@@H](c1ccc(Br)cc1)C=C[C@H]2c1ccc(Br)cc1. The zero-order chi connectivity index (χ0) is 19.7. The van der Waals surface area contributed by atoms with Crippen LogP contribution in [-0.4, -0.2) is 14.2 Å². The molecule has 4 rings (SSSR count). The lowest BCUT2D eigenvalue weighted by Crippen LogP contribution is -2.14. The first-order chi connectivity index (χ1) is 13.6. The summed E-state index contributed by atoms with van der Waals surface area (Å²) in [7, 11) is 3.46. The Morgan fingerprint density at radius 2 is 0.929 bits per heavy atom. The Morgan fingerprint density at radius 3 is 1.25 bits per heavy atom. The Hall–Kier alpha value is -2.04. The number of hydrogen-bond donors (Lipinski definition) is 0. The lowest BCUT2D eigenvalue weighted by molar-refractivity contribution is 0.392. The van der Waals surface area contributed by atoms with Gasteiger partial charge in [0.05, 0.1) is 14.2 Å². The van der Waals surface area contributed by atoms with Gasteiger partial charge in [0.25, 0.3) is 0 Å². The lowest BCUT2D eigenvalue weighted by atomic mass is 9.75. The third-order valence-corrected chi connectivity index (χ3v) is 6.28. The van der Waals surface area contributed by atoms with Crippen molar-refractivity contribution in [3.05, 3.63) is 104 Å². The van der Waals surface area contributed by atoms with Crippen molar-refractivity contribution in [3.8, 4) is 11.5 Å². The summed E-state index contributed by atoms with van der Waals surface area (Å²) < 4.78 is 13.7. The van der Waals surface area contributed by atoms with E-state index in [4.69, 9.17) is 9.47 Å². The van der Waals surface area contributed by atoms with Crippen molar-refractivity contribution in [1.82, 2.24) is 0 Å². The summed E-state index contributed by atoms with van der Waals surface area (Å²) in [6.45, 7) is 0. The van der Waals surface area contributed by atoms with Gasteiger partial charge < -0.3 is 9.47 Å². The zero-order valence-electron chi connectivity index (χ0n) is 15.7. The van der Waals surface area contributed by atoms with Gasteiger partial charge in [0.1, 0.15) is 11.5 Å². The highest BCUT2D eigenvalue weighted by Gasteiger charge is 2.31. The third-order valence-electron chi connectivity index (χ3n) is 5.22. The molecule has 0 saturated heterocycles.